The number of hydrogen-bond acceptors (Lipinski definition) is 4. The van der Waals surface area contributed by atoms with Crippen molar-refractivity contribution in [3.05, 3.63) is 59.7 Å². The molecule has 3 rings (SSSR count). The summed E-state index contributed by atoms with van der Waals surface area (Å²) in [5, 5.41) is 11.9. The lowest BCUT2D eigenvalue weighted by atomic mass is 9.98. The average Bonchev–Trinajstić information content (AvgIpc) is 3.03. The Morgan fingerprint density at radius 1 is 1.04 bits per heavy atom. The molecular formula is C22H26N2O4. The molecule has 1 amide bonds. The van der Waals surface area contributed by atoms with Crippen LogP contribution in [0.15, 0.2) is 48.5 Å². The molecule has 1 atom stereocenters. The van der Waals surface area contributed by atoms with Gasteiger partial charge in [0.05, 0.1) is 0 Å². The summed E-state index contributed by atoms with van der Waals surface area (Å²) >= 11 is 0. The van der Waals surface area contributed by atoms with Gasteiger partial charge in [-0.25, -0.2) is 9.59 Å². The molecule has 0 aliphatic heterocycles. The Balaban J connectivity index is 1.67. The molecule has 2 aromatic rings. The lowest BCUT2D eigenvalue weighted by Gasteiger charge is -2.23. The molecule has 6 nitrogen and oxygen atoms in total. The van der Waals surface area contributed by atoms with Crippen molar-refractivity contribution >= 4 is 12.1 Å². The first-order valence-electron chi connectivity index (χ1n) is 9.61. The Morgan fingerprint density at radius 2 is 1.57 bits per heavy atom. The van der Waals surface area contributed by atoms with Crippen molar-refractivity contribution in [1.29, 1.82) is 0 Å². The second-order valence-corrected chi connectivity index (χ2v) is 6.85. The van der Waals surface area contributed by atoms with Gasteiger partial charge in [0, 0.05) is 12.5 Å². The Bertz CT molecular complexity index is 802. The van der Waals surface area contributed by atoms with E-state index < -0.39 is 18.1 Å². The smallest absolute Gasteiger partial charge is 0.407 e. The quantitative estimate of drug-likeness (QED) is 0.732. The van der Waals surface area contributed by atoms with E-state index >= 15 is 0 Å². The van der Waals surface area contributed by atoms with Crippen LogP contribution in [0.3, 0.4) is 0 Å². The fraction of sp³-hybridized carbons (Fsp3) is 0.364. The monoisotopic (exact) mass is 382 g/mol. The van der Waals surface area contributed by atoms with Crippen molar-refractivity contribution in [3.8, 4) is 11.1 Å². The van der Waals surface area contributed by atoms with E-state index in [2.05, 4.69) is 17.4 Å². The van der Waals surface area contributed by atoms with Gasteiger partial charge in [-0.1, -0.05) is 62.4 Å². The third-order valence-corrected chi connectivity index (χ3v) is 5.27. The zero-order valence-corrected chi connectivity index (χ0v) is 16.2. The predicted molar refractivity (Wildman–Crippen MR) is 107 cm³/mol. The van der Waals surface area contributed by atoms with Crippen LogP contribution in [0.4, 0.5) is 4.79 Å². The normalized spacial score (nSPS) is 13.7. The van der Waals surface area contributed by atoms with E-state index in [0.717, 1.165) is 22.3 Å². The number of fused-ring (bicyclic) bond motifs is 3. The third kappa shape index (κ3) is 4.17. The van der Waals surface area contributed by atoms with Gasteiger partial charge in [0.15, 0.2) is 0 Å². The number of rotatable bonds is 8. The summed E-state index contributed by atoms with van der Waals surface area (Å²) in [5.41, 5.74) is 4.54. The first kappa shape index (κ1) is 19.9. The predicted octanol–water partition coefficient (Wildman–Crippen LogP) is 3.32. The zero-order chi connectivity index (χ0) is 20.1. The van der Waals surface area contributed by atoms with Gasteiger partial charge in [-0.15, -0.1) is 0 Å². The molecule has 148 valence electrons. The van der Waals surface area contributed by atoms with E-state index in [1.807, 2.05) is 55.1 Å². The number of aliphatic carboxylic acids is 1. The maximum Gasteiger partial charge on any atom is 0.407 e. The van der Waals surface area contributed by atoms with E-state index in [1.165, 1.54) is 0 Å². The van der Waals surface area contributed by atoms with E-state index in [1.54, 1.807) is 0 Å². The highest BCUT2D eigenvalue weighted by molar-refractivity contribution is 5.81. The number of benzene rings is 2. The molecule has 2 aromatic carbocycles. The van der Waals surface area contributed by atoms with Crippen molar-refractivity contribution in [2.75, 3.05) is 26.2 Å². The molecule has 0 spiro atoms. The average molecular weight is 382 g/mol. The summed E-state index contributed by atoms with van der Waals surface area (Å²) in [7, 11) is 0. The molecule has 0 unspecified atom stereocenters. The van der Waals surface area contributed by atoms with Gasteiger partial charge in [0.25, 0.3) is 0 Å². The molecule has 0 radical (unpaired) electrons. The number of nitrogens with zero attached hydrogens (tertiary/aromatic N) is 1. The molecule has 0 aromatic heterocycles. The van der Waals surface area contributed by atoms with Crippen LogP contribution in [0.2, 0.25) is 0 Å². The number of carbonyl (C=O) groups is 2. The Labute approximate surface area is 165 Å². The highest BCUT2D eigenvalue weighted by atomic mass is 16.5. The second-order valence-electron chi connectivity index (χ2n) is 6.85. The molecule has 2 N–H and O–H groups in total. The van der Waals surface area contributed by atoms with Crippen molar-refractivity contribution in [2.45, 2.75) is 25.8 Å². The van der Waals surface area contributed by atoms with Gasteiger partial charge in [-0.3, -0.25) is 0 Å². The number of ether oxygens (including phenoxy) is 1. The Morgan fingerprint density at radius 3 is 2.07 bits per heavy atom. The number of amides is 1. The van der Waals surface area contributed by atoms with Crippen molar-refractivity contribution < 1.29 is 19.4 Å². The van der Waals surface area contributed by atoms with Gasteiger partial charge in [0.1, 0.15) is 12.6 Å². The summed E-state index contributed by atoms with van der Waals surface area (Å²) in [6, 6.07) is 15.2. The first-order valence-corrected chi connectivity index (χ1v) is 9.61. The van der Waals surface area contributed by atoms with Crippen molar-refractivity contribution in [2.24, 2.45) is 0 Å². The van der Waals surface area contributed by atoms with Crippen LogP contribution in [0.1, 0.15) is 30.9 Å². The van der Waals surface area contributed by atoms with E-state index in [-0.39, 0.29) is 19.1 Å². The largest absolute Gasteiger partial charge is 0.480 e. The zero-order valence-electron chi connectivity index (χ0n) is 16.2. The molecule has 0 saturated heterocycles. The molecule has 1 aliphatic rings. The van der Waals surface area contributed by atoms with Gasteiger partial charge >= 0.3 is 12.1 Å². The van der Waals surface area contributed by atoms with Gasteiger partial charge in [0.2, 0.25) is 0 Å². The van der Waals surface area contributed by atoms with E-state index in [4.69, 9.17) is 4.74 Å². The minimum atomic E-state index is -1.07. The summed E-state index contributed by atoms with van der Waals surface area (Å²) < 4.78 is 5.44. The minimum absolute atomic E-state index is 0.0517. The Hall–Kier alpha value is -2.86. The standard InChI is InChI=1S/C22H26N2O4/c1-3-24(4-2)13-20(21(25)26)23-22(27)28-14-19-17-11-7-5-9-15(17)16-10-6-8-12-18(16)19/h5-12,19-20H,3-4,13-14H2,1-2H3,(H,23,27)(H,25,26)/t20-/m1/s1. The fourth-order valence-electron chi connectivity index (χ4n) is 3.71. The second kappa shape index (κ2) is 8.89. The van der Waals surface area contributed by atoms with Crippen LogP contribution in [-0.2, 0) is 9.53 Å². The summed E-state index contributed by atoms with van der Waals surface area (Å²) in [4.78, 5) is 25.7. The highest BCUT2D eigenvalue weighted by Crippen LogP contribution is 2.44. The van der Waals surface area contributed by atoms with Crippen LogP contribution in [0, 0.1) is 0 Å². The topological polar surface area (TPSA) is 78.9 Å². The maximum absolute atomic E-state index is 12.3. The third-order valence-electron chi connectivity index (χ3n) is 5.27. The number of hydrogen-bond donors (Lipinski definition) is 2. The van der Waals surface area contributed by atoms with E-state index in [9.17, 15) is 14.7 Å². The van der Waals surface area contributed by atoms with Crippen LogP contribution in [0.5, 0.6) is 0 Å². The van der Waals surface area contributed by atoms with E-state index in [0.29, 0.717) is 13.1 Å². The Kier molecular flexibility index (Phi) is 6.31. The molecule has 0 bridgehead atoms. The van der Waals surface area contributed by atoms with Crippen molar-refractivity contribution in [3.63, 3.8) is 0 Å². The van der Waals surface area contributed by atoms with Crippen LogP contribution in [-0.4, -0.2) is 54.4 Å². The molecule has 0 fully saturated rings. The van der Waals surface area contributed by atoms with Crippen LogP contribution in [0.25, 0.3) is 11.1 Å². The number of carbonyl (C=O) groups excluding carboxylic acids is 1. The molecule has 1 aliphatic carbocycles. The van der Waals surface area contributed by atoms with Crippen molar-refractivity contribution in [1.82, 2.24) is 10.2 Å². The van der Waals surface area contributed by atoms with Gasteiger partial charge < -0.3 is 20.1 Å². The first-order chi connectivity index (χ1) is 13.5. The SMILES string of the molecule is CCN(CC)C[C@@H](NC(=O)OCC1c2ccccc2-c2ccccc21)C(=O)O. The summed E-state index contributed by atoms with van der Waals surface area (Å²) in [6.07, 6.45) is -0.707. The highest BCUT2D eigenvalue weighted by Gasteiger charge is 2.30. The number of nitrogens with one attached hydrogen (secondary N) is 1. The molecule has 0 heterocycles. The number of carboxylic acid groups (broad SMARTS) is 1. The van der Waals surface area contributed by atoms with Crippen LogP contribution < -0.4 is 5.32 Å². The maximum atomic E-state index is 12.3. The summed E-state index contributed by atoms with van der Waals surface area (Å²) in [6.45, 7) is 5.74. The molecule has 6 heteroatoms. The van der Waals surface area contributed by atoms with Crippen LogP contribution >= 0.6 is 0 Å². The minimum Gasteiger partial charge on any atom is -0.480 e. The number of carboxylic acids is 1. The van der Waals surface area contributed by atoms with Gasteiger partial charge in [-0.2, -0.15) is 0 Å². The fourth-order valence-corrected chi connectivity index (χ4v) is 3.71. The molecular weight excluding hydrogens is 356 g/mol. The lowest BCUT2D eigenvalue weighted by Crippen LogP contribution is -2.48. The summed E-state index contributed by atoms with van der Waals surface area (Å²) in [5.74, 6) is -1.12. The van der Waals surface area contributed by atoms with Gasteiger partial charge in [-0.05, 0) is 35.3 Å². The number of likely N-dealkylation sites (N-methyl/N-ethyl adjacent to an activating group) is 1. The molecule has 28 heavy (non-hydrogen) atoms. The lowest BCUT2D eigenvalue weighted by molar-refractivity contribution is -0.139. The molecule has 0 saturated carbocycles. The number of alkyl carbamates (subject to hydrolysis) is 1.